The third kappa shape index (κ3) is 7.36. The number of pyridine rings is 1. The Morgan fingerprint density at radius 1 is 1.14 bits per heavy atom. The minimum absolute atomic E-state index is 0.000991. The summed E-state index contributed by atoms with van der Waals surface area (Å²) in [5.41, 5.74) is 2.68. The fourth-order valence-corrected chi connectivity index (χ4v) is 4.45. The molecule has 2 heterocycles. The lowest BCUT2D eigenvalue weighted by molar-refractivity contribution is -0.137. The van der Waals surface area contributed by atoms with Crippen molar-refractivity contribution in [3.05, 3.63) is 95.6 Å². The van der Waals surface area contributed by atoms with Gasteiger partial charge in [-0.2, -0.15) is 0 Å². The first-order chi connectivity index (χ1) is 17.5. The molecule has 2 atom stereocenters. The van der Waals surface area contributed by atoms with Crippen LogP contribution in [0.1, 0.15) is 30.0 Å². The maximum absolute atomic E-state index is 14.4. The van der Waals surface area contributed by atoms with Crippen LogP contribution in [0.25, 0.3) is 0 Å². The third-order valence-electron chi connectivity index (χ3n) is 6.09. The van der Waals surface area contributed by atoms with Gasteiger partial charge in [-0.3, -0.25) is 14.6 Å². The van der Waals surface area contributed by atoms with E-state index in [-0.39, 0.29) is 24.5 Å². The second-order valence-electron chi connectivity index (χ2n) is 9.03. The molecule has 36 heavy (non-hydrogen) atoms. The highest BCUT2D eigenvalue weighted by atomic mass is 19.1. The Balaban J connectivity index is 1.42. The van der Waals surface area contributed by atoms with Gasteiger partial charge in [0, 0.05) is 51.1 Å². The highest BCUT2D eigenvalue weighted by molar-refractivity contribution is 5.83. The van der Waals surface area contributed by atoms with Crippen molar-refractivity contribution in [3.8, 4) is 5.75 Å². The zero-order valence-electron chi connectivity index (χ0n) is 20.3. The smallest absolute Gasteiger partial charge is 0.240 e. The molecule has 1 saturated heterocycles. The average Bonchev–Trinajstić information content (AvgIpc) is 2.86. The summed E-state index contributed by atoms with van der Waals surface area (Å²) in [7, 11) is 0. The summed E-state index contributed by atoms with van der Waals surface area (Å²) >= 11 is 0. The quantitative estimate of drug-likeness (QED) is 0.456. The van der Waals surface area contributed by atoms with Crippen LogP contribution < -0.4 is 15.4 Å². The molecule has 0 bridgehead atoms. The van der Waals surface area contributed by atoms with E-state index in [2.05, 4.69) is 15.6 Å². The molecule has 1 aromatic heterocycles. The first kappa shape index (κ1) is 25.3. The van der Waals surface area contributed by atoms with Crippen LogP contribution in [0, 0.1) is 5.82 Å². The molecular weight excluding hydrogens is 459 g/mol. The first-order valence-corrected chi connectivity index (χ1v) is 12.1. The number of hydrogen-bond acceptors (Lipinski definition) is 5. The molecule has 188 valence electrons. The van der Waals surface area contributed by atoms with Crippen LogP contribution in [0.3, 0.4) is 0 Å². The second-order valence-corrected chi connectivity index (χ2v) is 9.03. The van der Waals surface area contributed by atoms with E-state index in [9.17, 15) is 14.0 Å². The molecule has 2 amide bonds. The number of halogens is 1. The largest absolute Gasteiger partial charge is 0.489 e. The molecule has 0 spiro atoms. The predicted molar refractivity (Wildman–Crippen MR) is 135 cm³/mol. The van der Waals surface area contributed by atoms with E-state index < -0.39 is 11.9 Å². The molecule has 4 rings (SSSR count). The van der Waals surface area contributed by atoms with E-state index in [0.717, 1.165) is 11.1 Å². The van der Waals surface area contributed by atoms with Crippen LogP contribution in [0.2, 0.25) is 0 Å². The molecule has 0 saturated carbocycles. The number of nitrogens with one attached hydrogen (secondary N) is 2. The number of ether oxygens (including phenoxy) is 1. The first-order valence-electron chi connectivity index (χ1n) is 12.1. The van der Waals surface area contributed by atoms with Crippen molar-refractivity contribution in [2.75, 3.05) is 13.1 Å². The van der Waals surface area contributed by atoms with Crippen LogP contribution in [-0.2, 0) is 29.2 Å². The third-order valence-corrected chi connectivity index (χ3v) is 6.09. The fraction of sp³-hybridized carbons (Fsp3) is 0.321. The molecule has 3 aromatic rings. The summed E-state index contributed by atoms with van der Waals surface area (Å²) in [5, 5.41) is 6.23. The number of benzene rings is 2. The van der Waals surface area contributed by atoms with Crippen LogP contribution in [0.15, 0.2) is 73.1 Å². The topological polar surface area (TPSA) is 83.6 Å². The van der Waals surface area contributed by atoms with Crippen molar-refractivity contribution in [2.24, 2.45) is 0 Å². The molecule has 0 radical (unpaired) electrons. The van der Waals surface area contributed by atoms with Gasteiger partial charge < -0.3 is 20.3 Å². The van der Waals surface area contributed by atoms with Gasteiger partial charge in [-0.1, -0.05) is 30.3 Å². The Kier molecular flexibility index (Phi) is 8.62. The molecule has 0 unspecified atom stereocenters. The van der Waals surface area contributed by atoms with E-state index in [1.165, 1.54) is 19.1 Å². The van der Waals surface area contributed by atoms with Gasteiger partial charge in [0.1, 0.15) is 18.2 Å². The van der Waals surface area contributed by atoms with Crippen LogP contribution in [0.5, 0.6) is 5.75 Å². The molecular formula is C28H31FN4O3. The van der Waals surface area contributed by atoms with Crippen molar-refractivity contribution in [1.82, 2.24) is 20.5 Å². The summed E-state index contributed by atoms with van der Waals surface area (Å²) in [5.74, 6) is -0.208. The van der Waals surface area contributed by atoms with Gasteiger partial charge in [-0.25, -0.2) is 4.39 Å². The normalized spacial score (nSPS) is 16.4. The van der Waals surface area contributed by atoms with Crippen LogP contribution in [0.4, 0.5) is 4.39 Å². The lowest BCUT2D eigenvalue weighted by Gasteiger charge is -2.35. The SMILES string of the molecule is CC(=O)N[C@@H](Cc1cc(F)cc(OCc2ccncc2)c1)C[C@@H]1NCCN(Cc2ccccc2)C1=O. The lowest BCUT2D eigenvalue weighted by atomic mass is 9.97. The van der Waals surface area contributed by atoms with Crippen molar-refractivity contribution < 1.29 is 18.7 Å². The van der Waals surface area contributed by atoms with Crippen LogP contribution in [-0.4, -0.2) is 46.9 Å². The summed E-state index contributed by atoms with van der Waals surface area (Å²) in [4.78, 5) is 31.0. The van der Waals surface area contributed by atoms with E-state index in [0.29, 0.717) is 43.8 Å². The van der Waals surface area contributed by atoms with Crippen molar-refractivity contribution in [1.29, 1.82) is 0 Å². The molecule has 1 fully saturated rings. The maximum atomic E-state index is 14.4. The minimum Gasteiger partial charge on any atom is -0.489 e. The molecule has 1 aliphatic rings. The van der Waals surface area contributed by atoms with E-state index in [1.54, 1.807) is 18.5 Å². The maximum Gasteiger partial charge on any atom is 0.240 e. The van der Waals surface area contributed by atoms with Gasteiger partial charge >= 0.3 is 0 Å². The zero-order chi connectivity index (χ0) is 25.3. The number of carbonyl (C=O) groups excluding carboxylic acids is 2. The minimum atomic E-state index is -0.435. The summed E-state index contributed by atoms with van der Waals surface area (Å²) in [6, 6.07) is 17.3. The molecule has 7 nitrogen and oxygen atoms in total. The van der Waals surface area contributed by atoms with E-state index >= 15 is 0 Å². The van der Waals surface area contributed by atoms with Crippen molar-refractivity contribution in [3.63, 3.8) is 0 Å². The zero-order valence-corrected chi connectivity index (χ0v) is 20.3. The summed E-state index contributed by atoms with van der Waals surface area (Å²) in [6.45, 7) is 3.57. The Labute approximate surface area is 210 Å². The van der Waals surface area contributed by atoms with Gasteiger partial charge in [0.15, 0.2) is 0 Å². The Bertz CT molecular complexity index is 1160. The molecule has 2 aromatic carbocycles. The van der Waals surface area contributed by atoms with Gasteiger partial charge in [-0.15, -0.1) is 0 Å². The average molecular weight is 491 g/mol. The van der Waals surface area contributed by atoms with Gasteiger partial charge in [0.05, 0.1) is 6.04 Å². The second kappa shape index (κ2) is 12.3. The highest BCUT2D eigenvalue weighted by Crippen LogP contribution is 2.21. The molecule has 8 heteroatoms. The van der Waals surface area contributed by atoms with Crippen LogP contribution >= 0.6 is 0 Å². The molecule has 0 aliphatic carbocycles. The lowest BCUT2D eigenvalue weighted by Crippen LogP contribution is -2.56. The summed E-state index contributed by atoms with van der Waals surface area (Å²) < 4.78 is 20.2. The van der Waals surface area contributed by atoms with Gasteiger partial charge in [0.25, 0.3) is 0 Å². The monoisotopic (exact) mass is 490 g/mol. The number of nitrogens with zero attached hydrogens (tertiary/aromatic N) is 2. The Morgan fingerprint density at radius 2 is 1.92 bits per heavy atom. The van der Waals surface area contributed by atoms with E-state index in [1.807, 2.05) is 47.4 Å². The summed E-state index contributed by atoms with van der Waals surface area (Å²) in [6.07, 6.45) is 4.12. The number of carbonyl (C=O) groups is 2. The molecule has 1 aliphatic heterocycles. The number of rotatable bonds is 10. The number of aromatic nitrogens is 1. The Morgan fingerprint density at radius 3 is 2.67 bits per heavy atom. The van der Waals surface area contributed by atoms with Crippen molar-refractivity contribution in [2.45, 2.75) is 45.0 Å². The van der Waals surface area contributed by atoms with Gasteiger partial charge in [-0.05, 0) is 53.8 Å². The highest BCUT2D eigenvalue weighted by Gasteiger charge is 2.31. The molecule has 2 N–H and O–H groups in total. The predicted octanol–water partition coefficient (Wildman–Crippen LogP) is 3.24. The van der Waals surface area contributed by atoms with E-state index in [4.69, 9.17) is 4.74 Å². The number of hydrogen-bond donors (Lipinski definition) is 2. The number of piperazine rings is 1. The van der Waals surface area contributed by atoms with Crippen molar-refractivity contribution >= 4 is 11.8 Å². The fourth-order valence-electron chi connectivity index (χ4n) is 4.45. The number of amides is 2. The van der Waals surface area contributed by atoms with Gasteiger partial charge in [0.2, 0.25) is 11.8 Å². The Hall–Kier alpha value is -3.78. The standard InChI is InChI=1S/C28H31FN4O3/c1-20(34)32-25(17-27-28(35)33(12-11-31-27)18-21-5-3-2-4-6-21)14-23-13-24(29)16-26(15-23)36-19-22-7-9-30-10-8-22/h2-10,13,15-16,25,27,31H,11-12,14,17-19H2,1H3,(H,32,34)/t25-,27-/m0/s1.